The molecule has 0 aliphatic rings. The number of carbonyl (C=O) groups excluding carboxylic acids is 3. The van der Waals surface area contributed by atoms with Crippen molar-refractivity contribution in [3.63, 3.8) is 0 Å². The summed E-state index contributed by atoms with van der Waals surface area (Å²) in [5.41, 5.74) is 0.578. The summed E-state index contributed by atoms with van der Waals surface area (Å²) < 4.78 is 22.3. The lowest BCUT2D eigenvalue weighted by molar-refractivity contribution is -0.150. The van der Waals surface area contributed by atoms with Crippen LogP contribution in [0.5, 0.6) is 0 Å². The average Bonchev–Trinajstić information content (AvgIpc) is 2.58. The minimum atomic E-state index is -0.789. The van der Waals surface area contributed by atoms with Crippen LogP contribution in [-0.4, -0.2) is 37.6 Å². The Morgan fingerprint density at radius 1 is 1.21 bits per heavy atom. The van der Waals surface area contributed by atoms with Crippen LogP contribution in [0, 0.1) is 11.7 Å². The molecule has 1 rings (SSSR count). The van der Waals surface area contributed by atoms with Gasteiger partial charge in [0.05, 0.1) is 13.5 Å². The van der Waals surface area contributed by atoms with Crippen LogP contribution in [0.1, 0.15) is 25.8 Å². The van der Waals surface area contributed by atoms with E-state index >= 15 is 0 Å². The molecule has 0 unspecified atom stereocenters. The molecule has 0 radical (unpaired) electrons. The lowest BCUT2D eigenvalue weighted by Gasteiger charge is -2.21. The number of benzene rings is 1. The highest BCUT2D eigenvalue weighted by Gasteiger charge is 2.26. The van der Waals surface area contributed by atoms with Crippen molar-refractivity contribution < 1.29 is 28.2 Å². The van der Waals surface area contributed by atoms with Gasteiger partial charge in [-0.25, -0.2) is 9.18 Å². The number of carbonyl (C=O) groups is 3. The van der Waals surface area contributed by atoms with Crippen LogP contribution in [-0.2, 0) is 30.3 Å². The Kier molecular flexibility index (Phi) is 7.88. The third-order valence-electron chi connectivity index (χ3n) is 3.61. The van der Waals surface area contributed by atoms with E-state index < -0.39 is 36.3 Å². The zero-order valence-electron chi connectivity index (χ0n) is 14.0. The van der Waals surface area contributed by atoms with Crippen molar-refractivity contribution in [2.45, 2.75) is 32.7 Å². The van der Waals surface area contributed by atoms with Crippen LogP contribution in [0.25, 0.3) is 0 Å². The predicted octanol–water partition coefficient (Wildman–Crippen LogP) is 1.62. The van der Waals surface area contributed by atoms with E-state index in [-0.39, 0.29) is 12.3 Å². The van der Waals surface area contributed by atoms with Gasteiger partial charge < -0.3 is 14.8 Å². The zero-order chi connectivity index (χ0) is 18.1. The molecule has 1 aromatic rings. The number of esters is 2. The fourth-order valence-corrected chi connectivity index (χ4v) is 1.98. The first-order valence-electron chi connectivity index (χ1n) is 7.64. The topological polar surface area (TPSA) is 81.7 Å². The summed E-state index contributed by atoms with van der Waals surface area (Å²) in [7, 11) is 1.24. The van der Waals surface area contributed by atoms with E-state index in [0.717, 1.165) is 0 Å². The zero-order valence-corrected chi connectivity index (χ0v) is 14.0. The fourth-order valence-electron chi connectivity index (χ4n) is 1.98. The van der Waals surface area contributed by atoms with Gasteiger partial charge in [0, 0.05) is 0 Å². The van der Waals surface area contributed by atoms with Gasteiger partial charge in [-0.05, 0) is 23.6 Å². The number of halogens is 1. The average molecular weight is 339 g/mol. The van der Waals surface area contributed by atoms with E-state index in [9.17, 15) is 18.8 Å². The molecule has 1 N–H and O–H groups in total. The Balaban J connectivity index is 2.47. The lowest BCUT2D eigenvalue weighted by atomic mass is 9.99. The smallest absolute Gasteiger partial charge is 0.328 e. The standard InChI is InChI=1S/C17H22FNO5/c1-4-11(2)16(17(22)23-3)19-14(20)10-24-15(21)9-12-5-7-13(18)8-6-12/h5-8,11,16H,4,9-10H2,1-3H3,(H,19,20)/t11-,16+/m0/s1. The molecule has 0 aliphatic carbocycles. The highest BCUT2D eigenvalue weighted by Crippen LogP contribution is 2.09. The maximum atomic E-state index is 12.8. The third-order valence-corrected chi connectivity index (χ3v) is 3.61. The van der Waals surface area contributed by atoms with Gasteiger partial charge in [-0.2, -0.15) is 0 Å². The summed E-state index contributed by atoms with van der Waals surface area (Å²) >= 11 is 0. The molecular weight excluding hydrogens is 317 g/mol. The second-order valence-electron chi connectivity index (χ2n) is 5.42. The molecule has 2 atom stereocenters. The molecule has 0 bridgehead atoms. The second kappa shape index (κ2) is 9.64. The minimum absolute atomic E-state index is 0.0701. The molecule has 6 nitrogen and oxygen atoms in total. The monoisotopic (exact) mass is 339 g/mol. The van der Waals surface area contributed by atoms with Crippen molar-refractivity contribution in [2.75, 3.05) is 13.7 Å². The normalized spacial score (nSPS) is 12.8. The van der Waals surface area contributed by atoms with Crippen molar-refractivity contribution in [2.24, 2.45) is 5.92 Å². The van der Waals surface area contributed by atoms with E-state index in [1.165, 1.54) is 31.4 Å². The summed E-state index contributed by atoms with van der Waals surface area (Å²) in [4.78, 5) is 35.2. The van der Waals surface area contributed by atoms with Gasteiger partial charge in [0.2, 0.25) is 0 Å². The molecule has 24 heavy (non-hydrogen) atoms. The predicted molar refractivity (Wildman–Crippen MR) is 84.5 cm³/mol. The fraction of sp³-hybridized carbons (Fsp3) is 0.471. The Morgan fingerprint density at radius 3 is 2.38 bits per heavy atom. The van der Waals surface area contributed by atoms with Crippen LogP contribution in [0.2, 0.25) is 0 Å². The van der Waals surface area contributed by atoms with E-state index in [0.29, 0.717) is 12.0 Å². The van der Waals surface area contributed by atoms with Crippen molar-refractivity contribution in [3.8, 4) is 0 Å². The highest BCUT2D eigenvalue weighted by molar-refractivity contribution is 5.86. The van der Waals surface area contributed by atoms with Gasteiger partial charge in [0.25, 0.3) is 5.91 Å². The first-order valence-corrected chi connectivity index (χ1v) is 7.64. The third kappa shape index (κ3) is 6.36. The van der Waals surface area contributed by atoms with Crippen molar-refractivity contribution >= 4 is 17.8 Å². The number of hydrogen-bond donors (Lipinski definition) is 1. The van der Waals surface area contributed by atoms with Crippen LogP contribution in [0.4, 0.5) is 4.39 Å². The van der Waals surface area contributed by atoms with Crippen molar-refractivity contribution in [1.82, 2.24) is 5.32 Å². The quantitative estimate of drug-likeness (QED) is 0.728. The first-order chi connectivity index (χ1) is 11.4. The number of methoxy groups -OCH3 is 1. The number of ether oxygens (including phenoxy) is 2. The van der Waals surface area contributed by atoms with Gasteiger partial charge >= 0.3 is 11.9 Å². The van der Waals surface area contributed by atoms with Gasteiger partial charge in [0.1, 0.15) is 11.9 Å². The summed E-state index contributed by atoms with van der Waals surface area (Å²) in [6.07, 6.45) is 0.601. The molecule has 1 amide bonds. The Labute approximate surface area is 140 Å². The molecule has 7 heteroatoms. The summed E-state index contributed by atoms with van der Waals surface area (Å²) in [6, 6.07) is 4.62. The molecular formula is C17H22FNO5. The molecule has 0 saturated heterocycles. The lowest BCUT2D eigenvalue weighted by Crippen LogP contribution is -2.47. The summed E-state index contributed by atoms with van der Waals surface area (Å²) in [5, 5.41) is 2.50. The van der Waals surface area contributed by atoms with Gasteiger partial charge in [-0.3, -0.25) is 9.59 Å². The molecule has 0 spiro atoms. The van der Waals surface area contributed by atoms with Gasteiger partial charge in [-0.1, -0.05) is 32.4 Å². The number of nitrogens with one attached hydrogen (secondary N) is 1. The van der Waals surface area contributed by atoms with E-state index in [1.807, 2.05) is 13.8 Å². The molecule has 0 saturated carbocycles. The van der Waals surface area contributed by atoms with Gasteiger partial charge in [-0.15, -0.1) is 0 Å². The summed E-state index contributed by atoms with van der Waals surface area (Å²) in [6.45, 7) is 3.20. The van der Waals surface area contributed by atoms with Crippen molar-refractivity contribution in [1.29, 1.82) is 0 Å². The van der Waals surface area contributed by atoms with Crippen LogP contribution < -0.4 is 5.32 Å². The number of hydrogen-bond acceptors (Lipinski definition) is 5. The molecule has 0 heterocycles. The number of rotatable bonds is 8. The van der Waals surface area contributed by atoms with Crippen LogP contribution in [0.15, 0.2) is 24.3 Å². The Morgan fingerprint density at radius 2 is 1.83 bits per heavy atom. The maximum Gasteiger partial charge on any atom is 0.328 e. The van der Waals surface area contributed by atoms with Crippen LogP contribution in [0.3, 0.4) is 0 Å². The summed E-state index contributed by atoms with van der Waals surface area (Å²) in [5.74, 6) is -2.26. The molecule has 0 fully saturated rings. The molecule has 0 aromatic heterocycles. The van der Waals surface area contributed by atoms with Crippen LogP contribution >= 0.6 is 0 Å². The van der Waals surface area contributed by atoms with E-state index in [1.54, 1.807) is 0 Å². The SMILES string of the molecule is CC[C@H](C)[C@@H](NC(=O)COC(=O)Cc1ccc(F)cc1)C(=O)OC. The molecule has 0 aliphatic heterocycles. The van der Waals surface area contributed by atoms with Gasteiger partial charge in [0.15, 0.2) is 6.61 Å². The second-order valence-corrected chi connectivity index (χ2v) is 5.42. The Hall–Kier alpha value is -2.44. The van der Waals surface area contributed by atoms with E-state index in [4.69, 9.17) is 4.74 Å². The first kappa shape index (κ1) is 19.6. The van der Waals surface area contributed by atoms with E-state index in [2.05, 4.69) is 10.1 Å². The Bertz CT molecular complexity index is 573. The number of amides is 1. The highest BCUT2D eigenvalue weighted by atomic mass is 19.1. The largest absolute Gasteiger partial charge is 0.467 e. The molecule has 1 aromatic carbocycles. The molecule has 132 valence electrons. The van der Waals surface area contributed by atoms with Crippen molar-refractivity contribution in [3.05, 3.63) is 35.6 Å². The minimum Gasteiger partial charge on any atom is -0.467 e. The maximum absolute atomic E-state index is 12.8.